The molecule has 1 aliphatic heterocycles. The van der Waals surface area contributed by atoms with E-state index in [2.05, 4.69) is 0 Å². The molecule has 1 fully saturated rings. The first-order valence-electron chi connectivity index (χ1n) is 9.61. The number of carbonyl (C=O) groups excluding carboxylic acids is 3. The van der Waals surface area contributed by atoms with Gasteiger partial charge in [-0.15, -0.1) is 12.4 Å². The van der Waals surface area contributed by atoms with Gasteiger partial charge in [-0.05, 0) is 24.7 Å². The molecule has 1 aliphatic rings. The van der Waals surface area contributed by atoms with E-state index in [1.807, 2.05) is 5.32 Å². The minimum absolute atomic E-state index is 0. The summed E-state index contributed by atoms with van der Waals surface area (Å²) in [6, 6.07) is -4.53. The molecule has 0 unspecified atom stereocenters. The molecule has 0 spiro atoms. The Balaban J connectivity index is 0.00000961. The third-order valence-electron chi connectivity index (χ3n) is 5.15. The molecule has 2 amide bonds. The van der Waals surface area contributed by atoms with Gasteiger partial charge in [0.25, 0.3) is 0 Å². The van der Waals surface area contributed by atoms with E-state index in [-0.39, 0.29) is 31.3 Å². The molecule has 3 atom stereocenters. The Bertz CT molecular complexity index is 702. The molecule has 188 valence electrons. The molecular weight excluding hydrogens is 475 g/mol. The molecule has 0 aliphatic carbocycles. The van der Waals surface area contributed by atoms with Crippen molar-refractivity contribution in [3.05, 3.63) is 0 Å². The van der Waals surface area contributed by atoms with Gasteiger partial charge < -0.3 is 16.0 Å². The lowest BCUT2D eigenvalue weighted by atomic mass is 9.92. The summed E-state index contributed by atoms with van der Waals surface area (Å²) in [6.45, 7) is 5.61. The molecule has 14 heteroatoms. The first-order valence-corrected chi connectivity index (χ1v) is 9.61. The van der Waals surface area contributed by atoms with Gasteiger partial charge in [0.1, 0.15) is 6.04 Å². The fraction of sp³-hybridized carbons (Fsp3) is 0.833. The van der Waals surface area contributed by atoms with E-state index >= 15 is 0 Å². The largest absolute Gasteiger partial charge is 0.460 e. The van der Waals surface area contributed by atoms with Crippen LogP contribution in [0.5, 0.6) is 0 Å². The molecule has 3 N–H and O–H groups in total. The molecule has 0 bridgehead atoms. The first-order chi connectivity index (χ1) is 13.9. The van der Waals surface area contributed by atoms with Gasteiger partial charge in [0.05, 0.1) is 12.1 Å². The highest BCUT2D eigenvalue weighted by molar-refractivity contribution is 5.97. The monoisotopic (exact) mass is 501 g/mol. The maximum absolute atomic E-state index is 13.9. The van der Waals surface area contributed by atoms with Crippen molar-refractivity contribution in [2.45, 2.75) is 76.7 Å². The SMILES string of the molecule is CC(C)[C@H](N)C(=O)N1CCC[C@H]1C(=O)N[C@H](C(=O)C(F)(F)C(F)(F)C(F)(F)F)C(C)C.Cl. The number of nitrogens with zero attached hydrogens (tertiary/aromatic N) is 1. The summed E-state index contributed by atoms with van der Waals surface area (Å²) in [6.07, 6.45) is -6.26. The number of rotatable bonds is 8. The zero-order valence-electron chi connectivity index (χ0n) is 17.8. The quantitative estimate of drug-likeness (QED) is 0.500. The van der Waals surface area contributed by atoms with Crippen LogP contribution in [0.1, 0.15) is 40.5 Å². The van der Waals surface area contributed by atoms with Crippen molar-refractivity contribution in [2.75, 3.05) is 6.54 Å². The Labute approximate surface area is 186 Å². The minimum atomic E-state index is -6.68. The smallest absolute Gasteiger partial charge is 0.344 e. The number of nitrogens with one attached hydrogen (secondary N) is 1. The van der Waals surface area contributed by atoms with E-state index < -0.39 is 59.7 Å². The standard InChI is InChI=1S/C18H26F7N3O3.ClH/c1-8(2)11(26)15(31)28-7-5-6-10(28)14(30)27-12(9(3)4)13(29)16(19,20)17(21,22)18(23,24)25;/h8-12H,5-7,26H2,1-4H3,(H,27,30);1H/t10-,11-,12-;/m0./s1. The van der Waals surface area contributed by atoms with Crippen molar-refractivity contribution < 1.29 is 45.1 Å². The fourth-order valence-corrected chi connectivity index (χ4v) is 3.09. The number of likely N-dealkylation sites (tertiary alicyclic amines) is 1. The summed E-state index contributed by atoms with van der Waals surface area (Å²) in [4.78, 5) is 38.2. The van der Waals surface area contributed by atoms with Gasteiger partial charge in [0, 0.05) is 6.54 Å². The van der Waals surface area contributed by atoms with Crippen molar-refractivity contribution >= 4 is 30.0 Å². The molecule has 32 heavy (non-hydrogen) atoms. The highest BCUT2D eigenvalue weighted by Crippen LogP contribution is 2.47. The van der Waals surface area contributed by atoms with Crippen molar-refractivity contribution in [3.63, 3.8) is 0 Å². The number of ketones is 1. The van der Waals surface area contributed by atoms with Gasteiger partial charge in [-0.3, -0.25) is 14.4 Å². The topological polar surface area (TPSA) is 92.5 Å². The van der Waals surface area contributed by atoms with Gasteiger partial charge in [0.2, 0.25) is 17.6 Å². The Hall–Kier alpha value is -1.63. The highest BCUT2D eigenvalue weighted by Gasteiger charge is 2.76. The number of hydrogen-bond acceptors (Lipinski definition) is 4. The first kappa shape index (κ1) is 30.4. The second-order valence-corrected chi connectivity index (χ2v) is 8.20. The van der Waals surface area contributed by atoms with E-state index in [1.165, 1.54) is 0 Å². The molecule has 0 aromatic rings. The minimum Gasteiger partial charge on any atom is -0.344 e. The van der Waals surface area contributed by atoms with Crippen molar-refractivity contribution in [1.29, 1.82) is 0 Å². The predicted octanol–water partition coefficient (Wildman–Crippen LogP) is 2.93. The van der Waals surface area contributed by atoms with Gasteiger partial charge in [0.15, 0.2) is 0 Å². The van der Waals surface area contributed by atoms with Crippen molar-refractivity contribution in [1.82, 2.24) is 10.2 Å². The van der Waals surface area contributed by atoms with Crippen LogP contribution in [0.3, 0.4) is 0 Å². The number of hydrogen-bond donors (Lipinski definition) is 2. The predicted molar refractivity (Wildman–Crippen MR) is 103 cm³/mol. The molecular formula is C18H27ClF7N3O3. The maximum Gasteiger partial charge on any atom is 0.460 e. The highest BCUT2D eigenvalue weighted by atomic mass is 35.5. The summed E-state index contributed by atoms with van der Waals surface area (Å²) >= 11 is 0. The Kier molecular flexibility index (Phi) is 10.00. The molecule has 6 nitrogen and oxygen atoms in total. The van der Waals surface area contributed by atoms with Crippen LogP contribution in [0.25, 0.3) is 0 Å². The van der Waals surface area contributed by atoms with Crippen LogP contribution in [-0.4, -0.2) is 65.2 Å². The van der Waals surface area contributed by atoms with Crippen LogP contribution >= 0.6 is 12.4 Å². The molecule has 1 rings (SSSR count). The van der Waals surface area contributed by atoms with Crippen LogP contribution in [-0.2, 0) is 14.4 Å². The van der Waals surface area contributed by atoms with E-state index in [0.717, 1.165) is 18.7 Å². The zero-order valence-corrected chi connectivity index (χ0v) is 18.6. The second-order valence-electron chi connectivity index (χ2n) is 8.20. The third-order valence-corrected chi connectivity index (χ3v) is 5.15. The summed E-state index contributed by atoms with van der Waals surface area (Å²) in [7, 11) is 0. The van der Waals surface area contributed by atoms with E-state index in [9.17, 15) is 45.1 Å². The normalized spacial score (nSPS) is 19.6. The van der Waals surface area contributed by atoms with E-state index in [4.69, 9.17) is 5.73 Å². The van der Waals surface area contributed by atoms with E-state index in [0.29, 0.717) is 6.42 Å². The average Bonchev–Trinajstić information content (AvgIpc) is 3.12. The van der Waals surface area contributed by atoms with Gasteiger partial charge in [-0.1, -0.05) is 27.7 Å². The third kappa shape index (κ3) is 5.83. The second kappa shape index (κ2) is 10.5. The van der Waals surface area contributed by atoms with Gasteiger partial charge in [-0.25, -0.2) is 0 Å². The van der Waals surface area contributed by atoms with Crippen LogP contribution in [0, 0.1) is 11.8 Å². The summed E-state index contributed by atoms with van der Waals surface area (Å²) in [5.41, 5.74) is 5.78. The molecule has 1 saturated heterocycles. The number of nitrogens with two attached hydrogens (primary N) is 1. The van der Waals surface area contributed by atoms with E-state index in [1.54, 1.807) is 13.8 Å². The number of amides is 2. The average molecular weight is 502 g/mol. The molecule has 0 aromatic heterocycles. The number of alkyl halides is 7. The summed E-state index contributed by atoms with van der Waals surface area (Å²) in [5, 5.41) is 1.84. The lowest BCUT2D eigenvalue weighted by molar-refractivity contribution is -0.344. The molecule has 0 aromatic carbocycles. The van der Waals surface area contributed by atoms with Gasteiger partial charge >= 0.3 is 18.0 Å². The Morgan fingerprint density at radius 3 is 1.88 bits per heavy atom. The fourth-order valence-electron chi connectivity index (χ4n) is 3.09. The lowest BCUT2D eigenvalue weighted by Crippen LogP contribution is -2.63. The molecule has 0 radical (unpaired) electrons. The Morgan fingerprint density at radius 2 is 1.47 bits per heavy atom. The number of halogens is 8. The number of Topliss-reactive ketones (excluding diaryl/α,β-unsaturated/α-hetero) is 1. The van der Waals surface area contributed by atoms with Crippen molar-refractivity contribution in [3.8, 4) is 0 Å². The maximum atomic E-state index is 13.9. The van der Waals surface area contributed by atoms with Crippen LogP contribution in [0.15, 0.2) is 0 Å². The van der Waals surface area contributed by atoms with Gasteiger partial charge in [-0.2, -0.15) is 30.7 Å². The summed E-state index contributed by atoms with van der Waals surface area (Å²) < 4.78 is 91.6. The van der Waals surface area contributed by atoms with Crippen LogP contribution < -0.4 is 11.1 Å². The molecule has 1 heterocycles. The van der Waals surface area contributed by atoms with Crippen LogP contribution in [0.4, 0.5) is 30.7 Å². The lowest BCUT2D eigenvalue weighted by Gasteiger charge is -2.33. The van der Waals surface area contributed by atoms with Crippen LogP contribution in [0.2, 0.25) is 0 Å². The van der Waals surface area contributed by atoms with Crippen molar-refractivity contribution in [2.24, 2.45) is 17.6 Å². The number of carbonyl (C=O) groups is 3. The Morgan fingerprint density at radius 1 is 0.969 bits per heavy atom. The zero-order chi connectivity index (χ0) is 24.5. The summed E-state index contributed by atoms with van der Waals surface area (Å²) in [5.74, 6) is -18.8. The molecule has 0 saturated carbocycles.